The highest BCUT2D eigenvalue weighted by Gasteiger charge is 2.28. The maximum Gasteiger partial charge on any atom is 0.0579 e. The molecule has 26 heavy (non-hydrogen) atoms. The van der Waals surface area contributed by atoms with Crippen molar-refractivity contribution in [2.75, 3.05) is 6.61 Å². The average Bonchev–Trinajstić information content (AvgIpc) is 2.62. The molecule has 2 heteroatoms. The topological polar surface area (TPSA) is 18.5 Å². The molecule has 0 bridgehead atoms. The third-order valence-electron chi connectivity index (χ3n) is 6.33. The Bertz CT molecular complexity index is 320. The average molecular weight is 369 g/mol. The van der Waals surface area contributed by atoms with Gasteiger partial charge in [-0.25, -0.2) is 0 Å². The standard InChI is InChI=1S/C24H48O2/c1-7-10-17-25-20(6)11-12-21(8-2)22-13-15-24(16-14-22)26-23(9-3)18-19(4)5/h19-24H,7-18H2,1-6H3/t20?,21?,22?,23-,24?/m1/s1. The van der Waals surface area contributed by atoms with E-state index in [0.717, 1.165) is 30.8 Å². The predicted molar refractivity (Wildman–Crippen MR) is 114 cm³/mol. The summed E-state index contributed by atoms with van der Waals surface area (Å²) in [6, 6.07) is 0. The smallest absolute Gasteiger partial charge is 0.0579 e. The molecule has 0 aliphatic heterocycles. The van der Waals surface area contributed by atoms with Crippen LogP contribution in [0.1, 0.15) is 112 Å². The Kier molecular flexibility index (Phi) is 12.9. The van der Waals surface area contributed by atoms with E-state index in [2.05, 4.69) is 41.5 Å². The molecule has 1 aliphatic rings. The van der Waals surface area contributed by atoms with Crippen molar-refractivity contribution in [2.24, 2.45) is 17.8 Å². The van der Waals surface area contributed by atoms with Gasteiger partial charge < -0.3 is 9.47 Å². The molecule has 1 aliphatic carbocycles. The lowest BCUT2D eigenvalue weighted by Gasteiger charge is -2.35. The molecule has 1 fully saturated rings. The number of ether oxygens (including phenoxy) is 2. The Hall–Kier alpha value is -0.0800. The van der Waals surface area contributed by atoms with Gasteiger partial charge in [0.25, 0.3) is 0 Å². The van der Waals surface area contributed by atoms with Crippen molar-refractivity contribution in [3.63, 3.8) is 0 Å². The van der Waals surface area contributed by atoms with Crippen molar-refractivity contribution in [3.8, 4) is 0 Å². The molecular weight excluding hydrogens is 320 g/mol. The second kappa shape index (κ2) is 14.0. The van der Waals surface area contributed by atoms with Crippen LogP contribution in [0, 0.1) is 17.8 Å². The van der Waals surface area contributed by atoms with Crippen LogP contribution in [-0.2, 0) is 9.47 Å². The molecule has 0 spiro atoms. The zero-order chi connectivity index (χ0) is 19.4. The van der Waals surface area contributed by atoms with E-state index in [-0.39, 0.29) is 0 Å². The summed E-state index contributed by atoms with van der Waals surface area (Å²) in [6.45, 7) is 14.7. The molecular formula is C24H48O2. The zero-order valence-corrected chi connectivity index (χ0v) is 18.8. The van der Waals surface area contributed by atoms with Gasteiger partial charge in [-0.3, -0.25) is 0 Å². The zero-order valence-electron chi connectivity index (χ0n) is 18.8. The maximum atomic E-state index is 6.45. The van der Waals surface area contributed by atoms with Gasteiger partial charge in [0.15, 0.2) is 0 Å². The Morgan fingerprint density at radius 2 is 1.58 bits per heavy atom. The number of hydrogen-bond acceptors (Lipinski definition) is 2. The lowest BCUT2D eigenvalue weighted by atomic mass is 9.75. The molecule has 2 unspecified atom stereocenters. The van der Waals surface area contributed by atoms with Crippen molar-refractivity contribution in [1.29, 1.82) is 0 Å². The second-order valence-corrected chi connectivity index (χ2v) is 9.11. The summed E-state index contributed by atoms with van der Waals surface area (Å²) < 4.78 is 12.4. The summed E-state index contributed by atoms with van der Waals surface area (Å²) >= 11 is 0. The van der Waals surface area contributed by atoms with E-state index in [9.17, 15) is 0 Å². The fourth-order valence-electron chi connectivity index (χ4n) is 4.55. The summed E-state index contributed by atoms with van der Waals surface area (Å²) in [6.07, 6.45) is 15.4. The molecule has 0 heterocycles. The number of rotatable bonds is 14. The van der Waals surface area contributed by atoms with E-state index in [1.54, 1.807) is 0 Å². The second-order valence-electron chi connectivity index (χ2n) is 9.11. The first kappa shape index (κ1) is 24.0. The van der Waals surface area contributed by atoms with Crippen LogP contribution in [0.4, 0.5) is 0 Å². The molecule has 0 radical (unpaired) electrons. The number of unbranched alkanes of at least 4 members (excludes halogenated alkanes) is 1. The molecule has 1 rings (SSSR count). The van der Waals surface area contributed by atoms with Crippen LogP contribution in [0.25, 0.3) is 0 Å². The van der Waals surface area contributed by atoms with Gasteiger partial charge in [0.2, 0.25) is 0 Å². The summed E-state index contributed by atoms with van der Waals surface area (Å²) in [4.78, 5) is 0. The van der Waals surface area contributed by atoms with Crippen LogP contribution in [0.3, 0.4) is 0 Å². The lowest BCUT2D eigenvalue weighted by Crippen LogP contribution is -2.30. The molecule has 0 aromatic heterocycles. The van der Waals surface area contributed by atoms with Gasteiger partial charge in [0, 0.05) is 6.61 Å². The SMILES string of the molecule is CCCCOC(C)CCC(CC)C1CCC(O[C@H](CC)CC(C)C)CC1. The van der Waals surface area contributed by atoms with E-state index < -0.39 is 0 Å². The van der Waals surface area contributed by atoms with Crippen molar-refractivity contribution in [2.45, 2.75) is 130 Å². The van der Waals surface area contributed by atoms with E-state index in [1.165, 1.54) is 64.2 Å². The molecule has 0 aromatic rings. The van der Waals surface area contributed by atoms with Crippen LogP contribution >= 0.6 is 0 Å². The molecule has 0 saturated heterocycles. The monoisotopic (exact) mass is 368 g/mol. The molecule has 1 saturated carbocycles. The Labute approximate surface area is 164 Å². The van der Waals surface area contributed by atoms with Crippen LogP contribution in [0.2, 0.25) is 0 Å². The van der Waals surface area contributed by atoms with Crippen LogP contribution in [-0.4, -0.2) is 24.9 Å². The van der Waals surface area contributed by atoms with E-state index in [0.29, 0.717) is 18.3 Å². The Morgan fingerprint density at radius 3 is 2.12 bits per heavy atom. The minimum absolute atomic E-state index is 0.427. The molecule has 0 amide bonds. The predicted octanol–water partition coefficient (Wildman–Crippen LogP) is 7.40. The highest BCUT2D eigenvalue weighted by molar-refractivity contribution is 4.79. The van der Waals surface area contributed by atoms with Crippen LogP contribution in [0.15, 0.2) is 0 Å². The fraction of sp³-hybridized carbons (Fsp3) is 1.00. The fourth-order valence-corrected chi connectivity index (χ4v) is 4.55. The van der Waals surface area contributed by atoms with E-state index in [4.69, 9.17) is 9.47 Å². The summed E-state index contributed by atoms with van der Waals surface area (Å²) in [5.41, 5.74) is 0. The number of hydrogen-bond donors (Lipinski definition) is 0. The highest BCUT2D eigenvalue weighted by atomic mass is 16.5. The van der Waals surface area contributed by atoms with Gasteiger partial charge in [-0.2, -0.15) is 0 Å². The maximum absolute atomic E-state index is 6.45. The van der Waals surface area contributed by atoms with Gasteiger partial charge in [-0.05, 0) is 82.5 Å². The molecule has 156 valence electrons. The summed E-state index contributed by atoms with van der Waals surface area (Å²) in [5.74, 6) is 2.53. The minimum Gasteiger partial charge on any atom is -0.379 e. The molecule has 0 aromatic carbocycles. The van der Waals surface area contributed by atoms with E-state index in [1.807, 2.05) is 0 Å². The molecule has 3 atom stereocenters. The third kappa shape index (κ3) is 9.74. The minimum atomic E-state index is 0.427. The van der Waals surface area contributed by atoms with Crippen molar-refractivity contribution in [1.82, 2.24) is 0 Å². The molecule has 0 N–H and O–H groups in total. The van der Waals surface area contributed by atoms with Crippen molar-refractivity contribution in [3.05, 3.63) is 0 Å². The summed E-state index contributed by atoms with van der Waals surface area (Å²) in [7, 11) is 0. The van der Waals surface area contributed by atoms with Gasteiger partial charge >= 0.3 is 0 Å². The summed E-state index contributed by atoms with van der Waals surface area (Å²) in [5, 5.41) is 0. The normalized spacial score (nSPS) is 24.6. The first-order chi connectivity index (χ1) is 12.5. The molecule has 2 nitrogen and oxygen atoms in total. The quantitative estimate of drug-likeness (QED) is 0.297. The van der Waals surface area contributed by atoms with Crippen molar-refractivity contribution < 1.29 is 9.47 Å². The lowest BCUT2D eigenvalue weighted by molar-refractivity contribution is -0.0503. The Morgan fingerprint density at radius 1 is 0.885 bits per heavy atom. The highest BCUT2D eigenvalue weighted by Crippen LogP contribution is 2.36. The Balaban J connectivity index is 2.30. The van der Waals surface area contributed by atoms with Crippen LogP contribution in [0.5, 0.6) is 0 Å². The van der Waals surface area contributed by atoms with Gasteiger partial charge in [0.1, 0.15) is 0 Å². The first-order valence-corrected chi connectivity index (χ1v) is 11.8. The third-order valence-corrected chi connectivity index (χ3v) is 6.33. The largest absolute Gasteiger partial charge is 0.379 e. The van der Waals surface area contributed by atoms with Gasteiger partial charge in [0.05, 0.1) is 18.3 Å². The van der Waals surface area contributed by atoms with Crippen molar-refractivity contribution >= 4 is 0 Å². The van der Waals surface area contributed by atoms with E-state index >= 15 is 0 Å². The van der Waals surface area contributed by atoms with Crippen LogP contribution < -0.4 is 0 Å². The van der Waals surface area contributed by atoms with Gasteiger partial charge in [-0.1, -0.05) is 47.5 Å². The van der Waals surface area contributed by atoms with Gasteiger partial charge in [-0.15, -0.1) is 0 Å². The first-order valence-electron chi connectivity index (χ1n) is 11.8.